The molecule has 6 nitrogen and oxygen atoms in total. The molecule has 0 aliphatic heterocycles. The molecule has 0 unspecified atom stereocenters. The van der Waals surface area contributed by atoms with E-state index in [-0.39, 0.29) is 5.92 Å². The zero-order chi connectivity index (χ0) is 19.8. The summed E-state index contributed by atoms with van der Waals surface area (Å²) in [6, 6.07) is 12.8. The van der Waals surface area contributed by atoms with Crippen molar-refractivity contribution >= 4 is 23.5 Å². The van der Waals surface area contributed by atoms with Gasteiger partial charge >= 0.3 is 5.97 Å². The first-order valence-electron chi connectivity index (χ1n) is 8.45. The number of rotatable bonds is 7. The first kappa shape index (κ1) is 20.1. The highest BCUT2D eigenvalue weighted by molar-refractivity contribution is 5.97. The smallest absolute Gasteiger partial charge is 0.329 e. The Morgan fingerprint density at radius 3 is 2.22 bits per heavy atom. The van der Waals surface area contributed by atoms with E-state index >= 15 is 0 Å². The van der Waals surface area contributed by atoms with E-state index in [1.165, 1.54) is 24.3 Å². The second kappa shape index (κ2) is 9.47. The lowest BCUT2D eigenvalue weighted by Crippen LogP contribution is -2.45. The number of ether oxygens (including phenoxy) is 1. The molecular formula is C20H21FN2O4. The van der Waals surface area contributed by atoms with Gasteiger partial charge in [0, 0.05) is 11.3 Å². The van der Waals surface area contributed by atoms with Crippen molar-refractivity contribution in [2.24, 2.45) is 5.92 Å². The number of esters is 1. The van der Waals surface area contributed by atoms with Gasteiger partial charge in [0.15, 0.2) is 6.61 Å². The number of hydrogen-bond donors (Lipinski definition) is 2. The molecule has 2 N–H and O–H groups in total. The summed E-state index contributed by atoms with van der Waals surface area (Å²) in [7, 11) is 0. The van der Waals surface area contributed by atoms with Crippen molar-refractivity contribution in [2.75, 3.05) is 11.9 Å². The van der Waals surface area contributed by atoms with E-state index in [4.69, 9.17) is 4.74 Å². The summed E-state index contributed by atoms with van der Waals surface area (Å²) in [4.78, 5) is 36.4. The molecule has 2 aromatic carbocycles. The molecule has 0 saturated carbocycles. The molecule has 2 aromatic rings. The van der Waals surface area contributed by atoms with Gasteiger partial charge in [0.1, 0.15) is 11.9 Å². The molecule has 0 aliphatic carbocycles. The van der Waals surface area contributed by atoms with E-state index in [1.54, 1.807) is 44.2 Å². The predicted octanol–water partition coefficient (Wildman–Crippen LogP) is 2.76. The van der Waals surface area contributed by atoms with Crippen LogP contribution in [0.3, 0.4) is 0 Å². The Morgan fingerprint density at radius 1 is 1.00 bits per heavy atom. The zero-order valence-corrected chi connectivity index (χ0v) is 15.1. The third kappa shape index (κ3) is 6.22. The molecule has 0 saturated heterocycles. The van der Waals surface area contributed by atoms with Crippen molar-refractivity contribution in [2.45, 2.75) is 19.9 Å². The summed E-state index contributed by atoms with van der Waals surface area (Å²) in [5.74, 6) is -2.32. The van der Waals surface area contributed by atoms with Gasteiger partial charge in [0.05, 0.1) is 0 Å². The second-order valence-corrected chi connectivity index (χ2v) is 6.22. The topological polar surface area (TPSA) is 84.5 Å². The highest BCUT2D eigenvalue weighted by Gasteiger charge is 2.26. The monoisotopic (exact) mass is 372 g/mol. The quantitative estimate of drug-likeness (QED) is 0.732. The Hall–Kier alpha value is -3.22. The minimum absolute atomic E-state index is 0.231. The molecule has 1 atom stereocenters. The first-order valence-corrected chi connectivity index (χ1v) is 8.45. The molecule has 0 radical (unpaired) electrons. The number of benzene rings is 2. The number of carbonyl (C=O) groups excluding carboxylic acids is 3. The molecule has 27 heavy (non-hydrogen) atoms. The fourth-order valence-electron chi connectivity index (χ4n) is 2.27. The van der Waals surface area contributed by atoms with E-state index in [1.807, 2.05) is 0 Å². The molecule has 0 heterocycles. The highest BCUT2D eigenvalue weighted by atomic mass is 19.1. The van der Waals surface area contributed by atoms with Crippen molar-refractivity contribution in [1.82, 2.24) is 5.32 Å². The van der Waals surface area contributed by atoms with Crippen LogP contribution in [0.1, 0.15) is 24.2 Å². The van der Waals surface area contributed by atoms with Crippen LogP contribution in [0.15, 0.2) is 54.6 Å². The van der Waals surface area contributed by atoms with Crippen molar-refractivity contribution in [1.29, 1.82) is 0 Å². The van der Waals surface area contributed by atoms with Gasteiger partial charge in [-0.2, -0.15) is 0 Å². The molecule has 2 amide bonds. The average Bonchev–Trinajstić information content (AvgIpc) is 2.66. The van der Waals surface area contributed by atoms with Crippen LogP contribution in [-0.4, -0.2) is 30.4 Å². The van der Waals surface area contributed by atoms with Crippen LogP contribution >= 0.6 is 0 Å². The Kier molecular flexibility index (Phi) is 7.05. The van der Waals surface area contributed by atoms with Crippen LogP contribution in [0.2, 0.25) is 0 Å². The molecule has 2 rings (SSSR count). The average molecular weight is 372 g/mol. The lowest BCUT2D eigenvalue weighted by molar-refractivity contribution is -0.150. The normalized spacial score (nSPS) is 11.6. The Morgan fingerprint density at radius 2 is 1.63 bits per heavy atom. The lowest BCUT2D eigenvalue weighted by Gasteiger charge is -2.20. The van der Waals surface area contributed by atoms with E-state index < -0.39 is 36.2 Å². The summed E-state index contributed by atoms with van der Waals surface area (Å²) in [6.07, 6.45) is 0. The number of halogens is 1. The van der Waals surface area contributed by atoms with Gasteiger partial charge in [-0.3, -0.25) is 9.59 Å². The predicted molar refractivity (Wildman–Crippen MR) is 98.5 cm³/mol. The summed E-state index contributed by atoms with van der Waals surface area (Å²) in [6.45, 7) is 3.01. The van der Waals surface area contributed by atoms with Crippen LogP contribution in [-0.2, 0) is 14.3 Å². The van der Waals surface area contributed by atoms with Crippen LogP contribution < -0.4 is 10.6 Å². The first-order chi connectivity index (χ1) is 12.9. The molecule has 0 aliphatic rings. The molecule has 142 valence electrons. The minimum Gasteiger partial charge on any atom is -0.454 e. The van der Waals surface area contributed by atoms with Crippen molar-refractivity contribution in [3.05, 3.63) is 66.0 Å². The molecule has 0 bridgehead atoms. The summed E-state index contributed by atoms with van der Waals surface area (Å²) < 4.78 is 17.9. The largest absolute Gasteiger partial charge is 0.454 e. The number of anilines is 1. The summed E-state index contributed by atoms with van der Waals surface area (Å²) in [5.41, 5.74) is 0.806. The van der Waals surface area contributed by atoms with Crippen LogP contribution in [0.25, 0.3) is 0 Å². The highest BCUT2D eigenvalue weighted by Crippen LogP contribution is 2.09. The van der Waals surface area contributed by atoms with E-state index in [9.17, 15) is 18.8 Å². The molecule has 7 heteroatoms. The molecule has 0 spiro atoms. The standard InChI is InChI=1S/C20H21FN2O4/c1-13(2)18(23-19(25)14-6-4-3-5-7-14)20(26)27-12-17(24)22-16-10-8-15(21)9-11-16/h3-11,13,18H,12H2,1-2H3,(H,22,24)(H,23,25)/t18-/m0/s1. The number of hydrogen-bond acceptors (Lipinski definition) is 4. The fraction of sp³-hybridized carbons (Fsp3) is 0.250. The van der Waals surface area contributed by atoms with Crippen LogP contribution in [0.5, 0.6) is 0 Å². The third-order valence-electron chi connectivity index (χ3n) is 3.72. The molecule has 0 fully saturated rings. The van der Waals surface area contributed by atoms with Crippen LogP contribution in [0.4, 0.5) is 10.1 Å². The Labute approximate surface area is 156 Å². The van der Waals surface area contributed by atoms with Gasteiger partial charge in [-0.05, 0) is 42.3 Å². The van der Waals surface area contributed by atoms with Crippen molar-refractivity contribution in [3.8, 4) is 0 Å². The maximum Gasteiger partial charge on any atom is 0.329 e. The number of carbonyl (C=O) groups is 3. The SMILES string of the molecule is CC(C)[C@H](NC(=O)c1ccccc1)C(=O)OCC(=O)Nc1ccc(F)cc1. The van der Waals surface area contributed by atoms with Gasteiger partial charge in [0.2, 0.25) is 0 Å². The lowest BCUT2D eigenvalue weighted by atomic mass is 10.0. The fourth-order valence-corrected chi connectivity index (χ4v) is 2.27. The van der Waals surface area contributed by atoms with Gasteiger partial charge in [0.25, 0.3) is 11.8 Å². The Bertz CT molecular complexity index is 791. The maximum absolute atomic E-state index is 12.9. The van der Waals surface area contributed by atoms with Gasteiger partial charge in [-0.1, -0.05) is 32.0 Å². The van der Waals surface area contributed by atoms with Crippen molar-refractivity contribution < 1.29 is 23.5 Å². The van der Waals surface area contributed by atoms with Crippen molar-refractivity contribution in [3.63, 3.8) is 0 Å². The van der Waals surface area contributed by atoms with E-state index in [2.05, 4.69) is 10.6 Å². The summed E-state index contributed by atoms with van der Waals surface area (Å²) >= 11 is 0. The van der Waals surface area contributed by atoms with E-state index in [0.29, 0.717) is 11.3 Å². The number of amides is 2. The summed E-state index contributed by atoms with van der Waals surface area (Å²) in [5, 5.41) is 5.11. The molecular weight excluding hydrogens is 351 g/mol. The van der Waals surface area contributed by atoms with Crippen LogP contribution in [0, 0.1) is 11.7 Å². The maximum atomic E-state index is 12.9. The van der Waals surface area contributed by atoms with Gasteiger partial charge in [-0.25, -0.2) is 9.18 Å². The van der Waals surface area contributed by atoms with E-state index in [0.717, 1.165) is 0 Å². The minimum atomic E-state index is -0.892. The molecule has 0 aromatic heterocycles. The zero-order valence-electron chi connectivity index (χ0n) is 15.1. The van der Waals surface area contributed by atoms with Gasteiger partial charge in [-0.15, -0.1) is 0 Å². The van der Waals surface area contributed by atoms with Gasteiger partial charge < -0.3 is 15.4 Å². The third-order valence-corrected chi connectivity index (χ3v) is 3.72. The second-order valence-electron chi connectivity index (χ2n) is 6.22. The number of nitrogens with one attached hydrogen (secondary N) is 2. The Balaban J connectivity index is 1.89.